The Morgan fingerprint density at radius 1 is 1.15 bits per heavy atom. The Balaban J connectivity index is 1.57. The van der Waals surface area contributed by atoms with E-state index in [1.165, 1.54) is 5.56 Å². The highest BCUT2D eigenvalue weighted by Crippen LogP contribution is 2.35. The van der Waals surface area contributed by atoms with Crippen LogP contribution >= 0.6 is 11.6 Å². The Hall–Kier alpha value is -2.33. The number of carbonyl (C=O) groups excluding carboxylic acids is 2. The third-order valence-electron chi connectivity index (χ3n) is 5.39. The summed E-state index contributed by atoms with van der Waals surface area (Å²) in [7, 11) is 0. The average molecular weight is 369 g/mol. The van der Waals surface area contributed by atoms with Crippen LogP contribution in [0.3, 0.4) is 0 Å². The maximum absolute atomic E-state index is 13.2. The number of rotatable bonds is 2. The number of anilines is 2. The van der Waals surface area contributed by atoms with Crippen molar-refractivity contribution < 1.29 is 9.59 Å². The van der Waals surface area contributed by atoms with Gasteiger partial charge in [0.1, 0.15) is 0 Å². The highest BCUT2D eigenvalue weighted by atomic mass is 35.5. The first kappa shape index (κ1) is 17.1. The third-order valence-corrected chi connectivity index (χ3v) is 5.79. The van der Waals surface area contributed by atoms with Crippen LogP contribution in [0, 0.1) is 12.8 Å². The van der Waals surface area contributed by atoms with E-state index >= 15 is 0 Å². The fourth-order valence-corrected chi connectivity index (χ4v) is 4.15. The lowest BCUT2D eigenvalue weighted by Crippen LogP contribution is -2.41. The maximum atomic E-state index is 13.2. The summed E-state index contributed by atoms with van der Waals surface area (Å²) in [5.74, 6) is -0.309. The van der Waals surface area contributed by atoms with Crippen molar-refractivity contribution in [3.05, 3.63) is 58.6 Å². The fraction of sp³-hybridized carbons (Fsp3) is 0.333. The molecular formula is C21H21ClN2O2. The molecule has 1 saturated heterocycles. The predicted octanol–water partition coefficient (Wildman–Crippen LogP) is 3.98. The van der Waals surface area contributed by atoms with E-state index in [1.807, 2.05) is 42.2 Å². The second kappa shape index (κ2) is 6.44. The Labute approximate surface area is 158 Å². The van der Waals surface area contributed by atoms with E-state index in [9.17, 15) is 9.59 Å². The summed E-state index contributed by atoms with van der Waals surface area (Å²) in [4.78, 5) is 29.3. The van der Waals surface area contributed by atoms with Gasteiger partial charge in [-0.25, -0.2) is 0 Å². The summed E-state index contributed by atoms with van der Waals surface area (Å²) >= 11 is 6.20. The van der Waals surface area contributed by atoms with E-state index in [0.29, 0.717) is 11.6 Å². The van der Waals surface area contributed by atoms with Gasteiger partial charge in [0.25, 0.3) is 0 Å². The molecule has 1 fully saturated rings. The molecule has 4 rings (SSSR count). The summed E-state index contributed by atoms with van der Waals surface area (Å²) in [5, 5.41) is 0.632. The molecule has 2 aliphatic rings. The first-order valence-corrected chi connectivity index (χ1v) is 9.31. The van der Waals surface area contributed by atoms with Crippen molar-refractivity contribution in [3.8, 4) is 0 Å². The molecule has 26 heavy (non-hydrogen) atoms. The molecule has 5 heteroatoms. The number of para-hydroxylation sites is 1. The van der Waals surface area contributed by atoms with Crippen LogP contribution in [0.15, 0.2) is 42.5 Å². The van der Waals surface area contributed by atoms with E-state index in [2.05, 4.69) is 13.0 Å². The molecule has 0 radical (unpaired) electrons. The molecule has 0 saturated carbocycles. The molecule has 2 aliphatic heterocycles. The highest BCUT2D eigenvalue weighted by molar-refractivity contribution is 6.31. The van der Waals surface area contributed by atoms with Crippen LogP contribution in [0.2, 0.25) is 5.02 Å². The minimum Gasteiger partial charge on any atom is -0.312 e. The minimum atomic E-state index is -0.323. The highest BCUT2D eigenvalue weighted by Gasteiger charge is 2.41. The molecule has 0 N–H and O–H groups in total. The zero-order valence-electron chi connectivity index (χ0n) is 14.9. The lowest BCUT2D eigenvalue weighted by Gasteiger charge is -2.26. The Kier molecular flexibility index (Phi) is 4.23. The Morgan fingerprint density at radius 2 is 1.92 bits per heavy atom. The zero-order chi connectivity index (χ0) is 18.4. The van der Waals surface area contributed by atoms with Crippen LogP contribution in [0.5, 0.6) is 0 Å². The normalized spacial score (nSPS) is 22.0. The zero-order valence-corrected chi connectivity index (χ0v) is 15.7. The summed E-state index contributed by atoms with van der Waals surface area (Å²) in [6.07, 6.45) is 1.11. The van der Waals surface area contributed by atoms with Crippen molar-refractivity contribution in [1.29, 1.82) is 0 Å². The van der Waals surface area contributed by atoms with Gasteiger partial charge in [0.05, 0.1) is 5.92 Å². The molecule has 2 amide bonds. The van der Waals surface area contributed by atoms with Crippen LogP contribution in [-0.4, -0.2) is 24.4 Å². The standard InChI is InChI=1S/C21H21ClN2O2/c1-13-7-8-17(11-18(13)22)23-12-16(10-20(23)25)21(26)24-14(2)9-15-5-3-4-6-19(15)24/h3-8,11,14,16H,9-10,12H2,1-2H3/t14-,16+/m1/s1. The topological polar surface area (TPSA) is 40.6 Å². The van der Waals surface area contributed by atoms with Crippen LogP contribution < -0.4 is 9.80 Å². The lowest BCUT2D eigenvalue weighted by molar-refractivity contribution is -0.124. The van der Waals surface area contributed by atoms with E-state index in [4.69, 9.17) is 11.6 Å². The molecule has 0 spiro atoms. The monoisotopic (exact) mass is 368 g/mol. The molecule has 134 valence electrons. The van der Waals surface area contributed by atoms with Crippen molar-refractivity contribution in [3.63, 3.8) is 0 Å². The number of hydrogen-bond donors (Lipinski definition) is 0. The molecule has 2 heterocycles. The van der Waals surface area contributed by atoms with E-state index in [0.717, 1.165) is 23.4 Å². The number of amides is 2. The largest absolute Gasteiger partial charge is 0.312 e. The second-order valence-electron chi connectivity index (χ2n) is 7.23. The fourth-order valence-electron chi connectivity index (χ4n) is 3.97. The van der Waals surface area contributed by atoms with Crippen molar-refractivity contribution in [2.24, 2.45) is 5.92 Å². The van der Waals surface area contributed by atoms with Gasteiger partial charge in [-0.15, -0.1) is 0 Å². The average Bonchev–Trinajstić information content (AvgIpc) is 3.16. The number of benzene rings is 2. The van der Waals surface area contributed by atoms with Gasteiger partial charge in [-0.05, 0) is 49.6 Å². The summed E-state index contributed by atoms with van der Waals surface area (Å²) < 4.78 is 0. The maximum Gasteiger partial charge on any atom is 0.232 e. The summed E-state index contributed by atoms with van der Waals surface area (Å²) in [6, 6.07) is 13.7. The van der Waals surface area contributed by atoms with Crippen molar-refractivity contribution >= 4 is 34.8 Å². The lowest BCUT2D eigenvalue weighted by atomic mass is 10.1. The number of halogens is 1. The molecule has 2 atom stereocenters. The van der Waals surface area contributed by atoms with Gasteiger partial charge >= 0.3 is 0 Å². The van der Waals surface area contributed by atoms with Crippen molar-refractivity contribution in [1.82, 2.24) is 0 Å². The van der Waals surface area contributed by atoms with Gasteiger partial charge < -0.3 is 9.80 Å². The van der Waals surface area contributed by atoms with Gasteiger partial charge in [-0.3, -0.25) is 9.59 Å². The van der Waals surface area contributed by atoms with Crippen molar-refractivity contribution in [2.75, 3.05) is 16.3 Å². The summed E-state index contributed by atoms with van der Waals surface area (Å²) in [6.45, 7) is 4.39. The first-order chi connectivity index (χ1) is 12.5. The molecule has 4 nitrogen and oxygen atoms in total. The van der Waals surface area contributed by atoms with Gasteiger partial charge in [0.15, 0.2) is 0 Å². The predicted molar refractivity (Wildman–Crippen MR) is 104 cm³/mol. The second-order valence-corrected chi connectivity index (χ2v) is 7.64. The van der Waals surface area contributed by atoms with Gasteiger partial charge in [0.2, 0.25) is 11.8 Å². The summed E-state index contributed by atoms with van der Waals surface area (Å²) in [5.41, 5.74) is 3.90. The molecule has 2 aromatic carbocycles. The number of nitrogens with zero attached hydrogens (tertiary/aromatic N) is 2. The third kappa shape index (κ3) is 2.78. The molecule has 0 bridgehead atoms. The number of hydrogen-bond acceptors (Lipinski definition) is 2. The van der Waals surface area contributed by atoms with Crippen LogP contribution in [0.1, 0.15) is 24.5 Å². The number of fused-ring (bicyclic) bond motifs is 1. The molecule has 2 aromatic rings. The number of carbonyl (C=O) groups is 2. The quantitative estimate of drug-likeness (QED) is 0.804. The smallest absolute Gasteiger partial charge is 0.232 e. The van der Waals surface area contributed by atoms with E-state index < -0.39 is 0 Å². The van der Waals surface area contributed by atoms with Gasteiger partial charge in [-0.1, -0.05) is 35.9 Å². The minimum absolute atomic E-state index is 0.0246. The van der Waals surface area contributed by atoms with Gasteiger partial charge in [-0.2, -0.15) is 0 Å². The molecule has 0 unspecified atom stereocenters. The SMILES string of the molecule is Cc1ccc(N2C[C@@H](C(=O)N3c4ccccc4C[C@H]3C)CC2=O)cc1Cl. The molecule has 0 aliphatic carbocycles. The Bertz CT molecular complexity index is 895. The van der Waals surface area contributed by atoms with E-state index in [-0.39, 0.29) is 30.2 Å². The van der Waals surface area contributed by atoms with Crippen molar-refractivity contribution in [2.45, 2.75) is 32.7 Å². The van der Waals surface area contributed by atoms with Crippen LogP contribution in [0.4, 0.5) is 11.4 Å². The van der Waals surface area contributed by atoms with Gasteiger partial charge in [0, 0.05) is 35.4 Å². The molecule has 0 aromatic heterocycles. The van der Waals surface area contributed by atoms with E-state index in [1.54, 1.807) is 11.0 Å². The first-order valence-electron chi connectivity index (χ1n) is 8.93. The van der Waals surface area contributed by atoms with Crippen LogP contribution in [-0.2, 0) is 16.0 Å². The van der Waals surface area contributed by atoms with Crippen LogP contribution in [0.25, 0.3) is 0 Å². The number of aryl methyl sites for hydroxylation is 1. The molecular weight excluding hydrogens is 348 g/mol. The Morgan fingerprint density at radius 3 is 2.69 bits per heavy atom.